The second-order valence-electron chi connectivity index (χ2n) is 6.50. The van der Waals surface area contributed by atoms with Gasteiger partial charge in [-0.2, -0.15) is 18.4 Å². The number of hydrogen-bond acceptors (Lipinski definition) is 4. The second kappa shape index (κ2) is 9.33. The number of rotatable bonds is 7. The van der Waals surface area contributed by atoms with Gasteiger partial charge in [0.1, 0.15) is 0 Å². The van der Waals surface area contributed by atoms with Gasteiger partial charge in [0, 0.05) is 16.0 Å². The summed E-state index contributed by atoms with van der Waals surface area (Å²) in [5.41, 5.74) is 0.835. The van der Waals surface area contributed by atoms with Crippen LogP contribution in [-0.4, -0.2) is 32.6 Å². The zero-order valence-corrected chi connectivity index (χ0v) is 17.2. The minimum Gasteiger partial charge on any atom is -0.352 e. The van der Waals surface area contributed by atoms with Gasteiger partial charge in [-0.05, 0) is 64.4 Å². The van der Waals surface area contributed by atoms with Crippen molar-refractivity contribution < 1.29 is 18.0 Å². The van der Waals surface area contributed by atoms with Crippen molar-refractivity contribution in [2.75, 3.05) is 0 Å². The summed E-state index contributed by atoms with van der Waals surface area (Å²) in [6.45, 7) is 0. The first-order valence-electron chi connectivity index (χ1n) is 8.72. The Morgan fingerprint density at radius 2 is 1.86 bits per heavy atom. The number of alkyl halides is 3. The molecule has 1 aromatic heterocycles. The maximum Gasteiger partial charge on any atom is 0.416 e. The lowest BCUT2D eigenvalue weighted by Gasteiger charge is -2.18. The van der Waals surface area contributed by atoms with Crippen molar-refractivity contribution in [3.05, 3.63) is 74.6 Å². The number of H-pyrrole nitrogens is 1. The van der Waals surface area contributed by atoms with Gasteiger partial charge >= 0.3 is 6.18 Å². The summed E-state index contributed by atoms with van der Waals surface area (Å²) in [5.74, 6) is 0.226. The molecule has 0 aliphatic heterocycles. The standard InChI is InChI=1S/C19H17F3IN5O/c20-19(21,22)14-6-4-12(5-7-14)9-16(11-17-25-27-28-26-17)24-18(29)10-13-2-1-3-15(23)8-13/h1-8,16H,9-11H2,(H,24,29)(H,25,26,27,28)/t16-/m0/s1. The molecule has 0 spiro atoms. The molecule has 0 bridgehead atoms. The van der Waals surface area contributed by atoms with E-state index < -0.39 is 11.7 Å². The molecular weight excluding hydrogens is 498 g/mol. The zero-order valence-electron chi connectivity index (χ0n) is 15.1. The van der Waals surface area contributed by atoms with Gasteiger partial charge < -0.3 is 5.32 Å². The molecule has 1 amide bonds. The van der Waals surface area contributed by atoms with Gasteiger partial charge in [-0.25, -0.2) is 0 Å². The number of nitrogens with one attached hydrogen (secondary N) is 2. The van der Waals surface area contributed by atoms with Gasteiger partial charge in [0.05, 0.1) is 12.0 Å². The number of aromatic nitrogens is 4. The molecule has 2 aromatic carbocycles. The predicted octanol–water partition coefficient (Wildman–Crippen LogP) is 3.34. The van der Waals surface area contributed by atoms with Crippen LogP contribution in [-0.2, 0) is 30.2 Å². The molecule has 1 atom stereocenters. The number of halogens is 4. The fourth-order valence-corrected chi connectivity index (χ4v) is 3.50. The average Bonchev–Trinajstić information content (AvgIpc) is 3.14. The second-order valence-corrected chi connectivity index (χ2v) is 7.75. The van der Waals surface area contributed by atoms with E-state index in [0.29, 0.717) is 24.2 Å². The summed E-state index contributed by atoms with van der Waals surface area (Å²) >= 11 is 2.18. The van der Waals surface area contributed by atoms with Crippen molar-refractivity contribution in [1.29, 1.82) is 0 Å². The molecule has 6 nitrogen and oxygen atoms in total. The summed E-state index contributed by atoms with van der Waals surface area (Å²) in [5, 5.41) is 16.6. The Morgan fingerprint density at radius 3 is 2.48 bits per heavy atom. The molecule has 0 fully saturated rings. The van der Waals surface area contributed by atoms with Crippen molar-refractivity contribution in [1.82, 2.24) is 25.9 Å². The van der Waals surface area contributed by atoms with Crippen LogP contribution in [0.15, 0.2) is 48.5 Å². The van der Waals surface area contributed by atoms with E-state index in [1.54, 1.807) is 0 Å². The van der Waals surface area contributed by atoms with Crippen molar-refractivity contribution in [3.63, 3.8) is 0 Å². The third-order valence-electron chi connectivity index (χ3n) is 4.20. The quantitative estimate of drug-likeness (QED) is 0.473. The third-order valence-corrected chi connectivity index (χ3v) is 4.87. The van der Waals surface area contributed by atoms with Gasteiger partial charge in [0.25, 0.3) is 0 Å². The Labute approximate surface area is 178 Å². The largest absolute Gasteiger partial charge is 0.416 e. The van der Waals surface area contributed by atoms with Crippen LogP contribution < -0.4 is 5.32 Å². The topological polar surface area (TPSA) is 83.6 Å². The lowest BCUT2D eigenvalue weighted by Crippen LogP contribution is -2.39. The Kier molecular flexibility index (Phi) is 6.83. The lowest BCUT2D eigenvalue weighted by molar-refractivity contribution is -0.137. The summed E-state index contributed by atoms with van der Waals surface area (Å²) in [6, 6.07) is 12.1. The first kappa shape index (κ1) is 21.2. The average molecular weight is 515 g/mol. The first-order valence-corrected chi connectivity index (χ1v) is 9.80. The van der Waals surface area contributed by atoms with Crippen molar-refractivity contribution in [2.24, 2.45) is 0 Å². The summed E-state index contributed by atoms with van der Waals surface area (Å²) in [6.07, 6.45) is -3.54. The number of hydrogen-bond donors (Lipinski definition) is 2. The Morgan fingerprint density at radius 1 is 1.10 bits per heavy atom. The van der Waals surface area contributed by atoms with Gasteiger partial charge in [0.2, 0.25) is 5.91 Å². The van der Waals surface area contributed by atoms with E-state index in [-0.39, 0.29) is 18.4 Å². The van der Waals surface area contributed by atoms with Crippen LogP contribution in [0.4, 0.5) is 13.2 Å². The Hall–Kier alpha value is -2.50. The van der Waals surface area contributed by atoms with Crippen LogP contribution in [0.5, 0.6) is 0 Å². The molecule has 3 rings (SSSR count). The van der Waals surface area contributed by atoms with E-state index in [1.165, 1.54) is 12.1 Å². The molecule has 0 radical (unpaired) electrons. The molecule has 1 heterocycles. The molecule has 0 unspecified atom stereocenters. The van der Waals surface area contributed by atoms with Crippen LogP contribution in [0.2, 0.25) is 0 Å². The fourth-order valence-electron chi connectivity index (χ4n) is 2.89. The molecule has 29 heavy (non-hydrogen) atoms. The molecule has 2 N–H and O–H groups in total. The maximum atomic E-state index is 12.8. The van der Waals surface area contributed by atoms with E-state index in [4.69, 9.17) is 0 Å². The fraction of sp³-hybridized carbons (Fsp3) is 0.263. The number of carbonyl (C=O) groups excluding carboxylic acids is 1. The Bertz CT molecular complexity index is 945. The lowest BCUT2D eigenvalue weighted by atomic mass is 10.0. The molecule has 152 valence electrons. The minimum absolute atomic E-state index is 0.188. The molecule has 3 aromatic rings. The summed E-state index contributed by atoms with van der Waals surface area (Å²) in [4.78, 5) is 12.5. The molecule has 0 saturated heterocycles. The smallest absolute Gasteiger partial charge is 0.352 e. The van der Waals surface area contributed by atoms with Crippen LogP contribution in [0.3, 0.4) is 0 Å². The summed E-state index contributed by atoms with van der Waals surface area (Å²) < 4.78 is 39.3. The highest BCUT2D eigenvalue weighted by molar-refractivity contribution is 14.1. The van der Waals surface area contributed by atoms with Crippen molar-refractivity contribution in [3.8, 4) is 0 Å². The van der Waals surface area contributed by atoms with Crippen LogP contribution in [0.1, 0.15) is 22.5 Å². The van der Waals surface area contributed by atoms with E-state index in [1.807, 2.05) is 24.3 Å². The van der Waals surface area contributed by atoms with Crippen molar-refractivity contribution >= 4 is 28.5 Å². The molecule has 0 saturated carbocycles. The van der Waals surface area contributed by atoms with Crippen molar-refractivity contribution in [2.45, 2.75) is 31.5 Å². The van der Waals surface area contributed by atoms with E-state index >= 15 is 0 Å². The SMILES string of the molecule is O=C(Cc1cccc(I)c1)N[C@@H](Cc1ccc(C(F)(F)F)cc1)Cc1nn[nH]n1. The number of aromatic amines is 1. The van der Waals surface area contributed by atoms with Gasteiger partial charge in [-0.15, -0.1) is 10.2 Å². The van der Waals surface area contributed by atoms with E-state index in [2.05, 4.69) is 48.5 Å². The highest BCUT2D eigenvalue weighted by Gasteiger charge is 2.30. The monoisotopic (exact) mass is 515 g/mol. The molecule has 10 heteroatoms. The zero-order chi connectivity index (χ0) is 20.9. The number of nitrogens with zero attached hydrogens (tertiary/aromatic N) is 3. The first-order chi connectivity index (χ1) is 13.8. The van der Waals surface area contributed by atoms with Crippen LogP contribution in [0.25, 0.3) is 0 Å². The normalized spacial score (nSPS) is 12.6. The number of tetrazole rings is 1. The predicted molar refractivity (Wildman–Crippen MR) is 108 cm³/mol. The highest BCUT2D eigenvalue weighted by Crippen LogP contribution is 2.29. The van der Waals surface area contributed by atoms with E-state index in [0.717, 1.165) is 21.3 Å². The molecule has 0 aliphatic rings. The number of benzene rings is 2. The van der Waals surface area contributed by atoms with E-state index in [9.17, 15) is 18.0 Å². The molecule has 0 aliphatic carbocycles. The van der Waals surface area contributed by atoms with Gasteiger partial charge in [-0.1, -0.05) is 29.5 Å². The van der Waals surface area contributed by atoms with Crippen LogP contribution in [0, 0.1) is 3.57 Å². The van der Waals surface area contributed by atoms with Crippen LogP contribution >= 0.6 is 22.6 Å². The number of amides is 1. The van der Waals surface area contributed by atoms with Gasteiger partial charge in [0.15, 0.2) is 5.82 Å². The third kappa shape index (κ3) is 6.51. The summed E-state index contributed by atoms with van der Waals surface area (Å²) in [7, 11) is 0. The maximum absolute atomic E-state index is 12.8. The molecular formula is C19H17F3IN5O. The minimum atomic E-state index is -4.38. The Balaban J connectivity index is 1.69. The highest BCUT2D eigenvalue weighted by atomic mass is 127. The van der Waals surface area contributed by atoms with Gasteiger partial charge in [-0.3, -0.25) is 4.79 Å². The number of carbonyl (C=O) groups is 1.